The van der Waals surface area contributed by atoms with E-state index in [2.05, 4.69) is 26.2 Å². The molecule has 3 heterocycles. The van der Waals surface area contributed by atoms with Gasteiger partial charge in [0.1, 0.15) is 19.0 Å². The van der Waals surface area contributed by atoms with E-state index in [0.29, 0.717) is 26.2 Å². The lowest BCUT2D eigenvalue weighted by atomic mass is 10.1. The second-order valence-electron chi connectivity index (χ2n) is 8.50. The Morgan fingerprint density at radius 3 is 2.39 bits per heavy atom. The summed E-state index contributed by atoms with van der Waals surface area (Å²) < 4.78 is 5.16. The molecule has 0 saturated carbocycles. The Balaban J connectivity index is 1.23. The van der Waals surface area contributed by atoms with Crippen LogP contribution in [-0.4, -0.2) is 72.7 Å². The van der Waals surface area contributed by atoms with Gasteiger partial charge < -0.3 is 24.8 Å². The van der Waals surface area contributed by atoms with E-state index in [0.717, 1.165) is 36.1 Å². The lowest BCUT2D eigenvalue weighted by Gasteiger charge is -2.35. The van der Waals surface area contributed by atoms with Crippen molar-refractivity contribution in [2.75, 3.05) is 55.6 Å². The van der Waals surface area contributed by atoms with Crippen LogP contribution in [0.2, 0.25) is 0 Å². The number of amides is 2. The maximum atomic E-state index is 12.5. The third-order valence-corrected chi connectivity index (χ3v) is 6.02. The minimum absolute atomic E-state index is 0.0757. The van der Waals surface area contributed by atoms with Gasteiger partial charge in [0.15, 0.2) is 0 Å². The molecule has 2 amide bonds. The summed E-state index contributed by atoms with van der Waals surface area (Å²) in [5.41, 5.74) is 1.86. The van der Waals surface area contributed by atoms with Crippen LogP contribution in [0.4, 0.5) is 16.6 Å². The molecule has 9 nitrogen and oxygen atoms in total. The largest absolute Gasteiger partial charge is 0.445 e. The number of aromatic nitrogens is 2. The molecule has 0 radical (unpaired) electrons. The Morgan fingerprint density at radius 2 is 1.67 bits per heavy atom. The summed E-state index contributed by atoms with van der Waals surface area (Å²) in [6.07, 6.45) is 3.09. The molecular weight excluding hydrogens is 420 g/mol. The van der Waals surface area contributed by atoms with Crippen molar-refractivity contribution in [1.29, 1.82) is 0 Å². The molecule has 0 spiro atoms. The Labute approximate surface area is 194 Å². The highest BCUT2D eigenvalue weighted by atomic mass is 16.5. The monoisotopic (exact) mass is 452 g/mol. The number of hydrogen-bond donors (Lipinski definition) is 1. The second-order valence-corrected chi connectivity index (χ2v) is 8.50. The molecule has 1 N–H and O–H groups in total. The average molecular weight is 453 g/mol. The number of piperidine rings is 1. The fraction of sp³-hybridized carbons (Fsp3) is 0.500. The van der Waals surface area contributed by atoms with Crippen LogP contribution < -0.4 is 15.1 Å². The zero-order valence-electron chi connectivity index (χ0n) is 19.2. The maximum Gasteiger partial charge on any atom is 0.407 e. The molecule has 1 aromatic carbocycles. The molecule has 2 fully saturated rings. The van der Waals surface area contributed by atoms with Crippen LogP contribution in [0.25, 0.3) is 0 Å². The van der Waals surface area contributed by atoms with Gasteiger partial charge in [-0.05, 0) is 31.7 Å². The second kappa shape index (κ2) is 11.0. The highest BCUT2D eigenvalue weighted by Crippen LogP contribution is 2.22. The van der Waals surface area contributed by atoms with Gasteiger partial charge in [-0.25, -0.2) is 9.78 Å². The van der Waals surface area contributed by atoms with Crippen molar-refractivity contribution < 1.29 is 14.3 Å². The van der Waals surface area contributed by atoms with E-state index in [1.54, 1.807) is 4.90 Å². The van der Waals surface area contributed by atoms with E-state index < -0.39 is 6.09 Å². The molecule has 2 aliphatic heterocycles. The third-order valence-electron chi connectivity index (χ3n) is 6.02. The molecule has 2 aliphatic rings. The van der Waals surface area contributed by atoms with Gasteiger partial charge in [-0.15, -0.1) is 0 Å². The lowest BCUT2D eigenvalue weighted by Crippen LogP contribution is -2.51. The topological polar surface area (TPSA) is 90.9 Å². The number of alkyl carbamates (subject to hydrolysis) is 1. The van der Waals surface area contributed by atoms with Crippen LogP contribution in [0.3, 0.4) is 0 Å². The number of nitrogens with zero attached hydrogens (tertiary/aromatic N) is 5. The van der Waals surface area contributed by atoms with Gasteiger partial charge in [0.25, 0.3) is 0 Å². The van der Waals surface area contributed by atoms with E-state index in [9.17, 15) is 9.59 Å². The standard InChI is InChI=1S/C24H32N6O3/c1-19-16-21(28-10-6-3-7-11-28)27-23(26-19)30-14-12-29(13-15-30)22(31)17-25-24(32)33-18-20-8-4-2-5-9-20/h2,4-5,8-9,16H,3,6-7,10-15,17-18H2,1H3,(H,25,32). The molecule has 4 rings (SSSR count). The number of piperazine rings is 1. The predicted molar refractivity (Wildman–Crippen MR) is 126 cm³/mol. The van der Waals surface area contributed by atoms with Crippen molar-refractivity contribution in [3.8, 4) is 0 Å². The van der Waals surface area contributed by atoms with E-state index in [1.807, 2.05) is 37.3 Å². The van der Waals surface area contributed by atoms with Crippen LogP contribution in [0.5, 0.6) is 0 Å². The first-order valence-corrected chi connectivity index (χ1v) is 11.7. The summed E-state index contributed by atoms with van der Waals surface area (Å²) in [6, 6.07) is 11.5. The SMILES string of the molecule is Cc1cc(N2CCCCC2)nc(N2CCN(C(=O)CNC(=O)OCc3ccccc3)CC2)n1. The molecule has 9 heteroatoms. The quantitative estimate of drug-likeness (QED) is 0.719. The van der Waals surface area contributed by atoms with Gasteiger partial charge in [-0.2, -0.15) is 4.98 Å². The fourth-order valence-corrected chi connectivity index (χ4v) is 4.15. The smallest absolute Gasteiger partial charge is 0.407 e. The summed E-state index contributed by atoms with van der Waals surface area (Å²) in [6.45, 7) is 6.63. The van der Waals surface area contributed by atoms with E-state index in [-0.39, 0.29) is 19.1 Å². The molecule has 176 valence electrons. The van der Waals surface area contributed by atoms with Gasteiger partial charge in [0, 0.05) is 51.0 Å². The predicted octanol–water partition coefficient (Wildman–Crippen LogP) is 2.35. The number of aryl methyl sites for hydroxylation is 1. The first kappa shape index (κ1) is 22.8. The first-order valence-electron chi connectivity index (χ1n) is 11.7. The minimum Gasteiger partial charge on any atom is -0.445 e. The summed E-state index contributed by atoms with van der Waals surface area (Å²) in [4.78, 5) is 40.1. The molecule has 0 bridgehead atoms. The number of rotatable bonds is 6. The number of carbonyl (C=O) groups excluding carboxylic acids is 2. The zero-order valence-corrected chi connectivity index (χ0v) is 19.2. The number of carbonyl (C=O) groups is 2. The first-order chi connectivity index (χ1) is 16.1. The maximum absolute atomic E-state index is 12.5. The van der Waals surface area contributed by atoms with Crippen molar-refractivity contribution in [2.45, 2.75) is 32.8 Å². The van der Waals surface area contributed by atoms with E-state index in [4.69, 9.17) is 9.72 Å². The highest BCUT2D eigenvalue weighted by Gasteiger charge is 2.24. The Bertz CT molecular complexity index is 940. The van der Waals surface area contributed by atoms with Gasteiger partial charge in [0.05, 0.1) is 0 Å². The van der Waals surface area contributed by atoms with Crippen molar-refractivity contribution in [3.05, 3.63) is 47.7 Å². The number of ether oxygens (including phenoxy) is 1. The normalized spacial score (nSPS) is 16.5. The van der Waals surface area contributed by atoms with Crippen molar-refractivity contribution >= 4 is 23.8 Å². The molecule has 2 saturated heterocycles. The van der Waals surface area contributed by atoms with E-state index in [1.165, 1.54) is 19.3 Å². The van der Waals surface area contributed by atoms with Crippen molar-refractivity contribution in [3.63, 3.8) is 0 Å². The van der Waals surface area contributed by atoms with Gasteiger partial charge in [0.2, 0.25) is 11.9 Å². The number of hydrogen-bond acceptors (Lipinski definition) is 7. The molecule has 2 aromatic rings. The molecular formula is C24H32N6O3. The van der Waals surface area contributed by atoms with Crippen LogP contribution in [0.15, 0.2) is 36.4 Å². The van der Waals surface area contributed by atoms with Gasteiger partial charge in [-0.1, -0.05) is 30.3 Å². The summed E-state index contributed by atoms with van der Waals surface area (Å²) in [5, 5.41) is 2.55. The average Bonchev–Trinajstić information content (AvgIpc) is 2.87. The summed E-state index contributed by atoms with van der Waals surface area (Å²) in [7, 11) is 0. The number of anilines is 2. The van der Waals surface area contributed by atoms with E-state index >= 15 is 0 Å². The third kappa shape index (κ3) is 6.34. The number of nitrogens with one attached hydrogen (secondary N) is 1. The molecule has 33 heavy (non-hydrogen) atoms. The molecule has 0 aliphatic carbocycles. The van der Waals surface area contributed by atoms with Gasteiger partial charge in [-0.3, -0.25) is 4.79 Å². The molecule has 0 atom stereocenters. The highest BCUT2D eigenvalue weighted by molar-refractivity contribution is 5.82. The fourth-order valence-electron chi connectivity index (χ4n) is 4.15. The van der Waals surface area contributed by atoms with Crippen LogP contribution in [0, 0.1) is 6.92 Å². The van der Waals surface area contributed by atoms with Crippen LogP contribution in [0.1, 0.15) is 30.5 Å². The number of benzene rings is 1. The zero-order chi connectivity index (χ0) is 23.0. The lowest BCUT2D eigenvalue weighted by molar-refractivity contribution is -0.130. The minimum atomic E-state index is -0.593. The Hall–Kier alpha value is -3.36. The van der Waals surface area contributed by atoms with Crippen LogP contribution in [-0.2, 0) is 16.1 Å². The summed E-state index contributed by atoms with van der Waals surface area (Å²) in [5.74, 6) is 1.60. The van der Waals surface area contributed by atoms with Crippen molar-refractivity contribution in [2.24, 2.45) is 0 Å². The van der Waals surface area contributed by atoms with Crippen LogP contribution >= 0.6 is 0 Å². The Morgan fingerprint density at radius 1 is 0.939 bits per heavy atom. The van der Waals surface area contributed by atoms with Gasteiger partial charge >= 0.3 is 6.09 Å². The molecule has 0 unspecified atom stereocenters. The van der Waals surface area contributed by atoms with Crippen molar-refractivity contribution in [1.82, 2.24) is 20.2 Å². The molecule has 1 aromatic heterocycles. The summed E-state index contributed by atoms with van der Waals surface area (Å²) >= 11 is 0. The Kier molecular flexibility index (Phi) is 7.59.